The van der Waals surface area contributed by atoms with E-state index >= 15 is 0 Å². The van der Waals surface area contributed by atoms with Crippen LogP contribution in [0.4, 0.5) is 0 Å². The van der Waals surface area contributed by atoms with Crippen LogP contribution in [0.15, 0.2) is 85.2 Å². The lowest BCUT2D eigenvalue weighted by Crippen LogP contribution is -1.90. The lowest BCUT2D eigenvalue weighted by atomic mass is 9.98. The number of aromatic nitrogens is 1. The molecule has 0 aliphatic heterocycles. The van der Waals surface area contributed by atoms with Gasteiger partial charge in [-0.3, -0.25) is 9.78 Å². The van der Waals surface area contributed by atoms with Crippen molar-refractivity contribution in [3.8, 4) is 0 Å². The largest absolute Gasteiger partial charge is 0.295 e. The van der Waals surface area contributed by atoms with E-state index in [-0.39, 0.29) is 5.78 Å². The van der Waals surface area contributed by atoms with Gasteiger partial charge in [0, 0.05) is 23.3 Å². The molecular weight excluding hydrogens is 366 g/mol. The molecule has 0 saturated carbocycles. The molecule has 0 bridgehead atoms. The van der Waals surface area contributed by atoms with Crippen LogP contribution in [-0.2, 0) is 0 Å². The molecular formula is C28H23NO. The van der Waals surface area contributed by atoms with Gasteiger partial charge < -0.3 is 0 Å². The van der Waals surface area contributed by atoms with Crippen molar-refractivity contribution in [2.45, 2.75) is 13.8 Å². The highest BCUT2D eigenvalue weighted by Crippen LogP contribution is 2.26. The van der Waals surface area contributed by atoms with E-state index in [0.717, 1.165) is 22.1 Å². The van der Waals surface area contributed by atoms with Crippen molar-refractivity contribution in [1.82, 2.24) is 4.98 Å². The van der Waals surface area contributed by atoms with Gasteiger partial charge in [0.15, 0.2) is 5.78 Å². The van der Waals surface area contributed by atoms with Crippen LogP contribution >= 0.6 is 0 Å². The number of ketones is 1. The highest BCUT2D eigenvalue weighted by Gasteiger charge is 2.03. The number of benzene rings is 3. The monoisotopic (exact) mass is 389 g/mol. The van der Waals surface area contributed by atoms with Gasteiger partial charge in [-0.15, -0.1) is 0 Å². The summed E-state index contributed by atoms with van der Waals surface area (Å²) in [6.45, 7) is 3.73. The van der Waals surface area contributed by atoms with E-state index in [4.69, 9.17) is 0 Å². The molecule has 0 unspecified atom stereocenters. The first-order chi connectivity index (χ1) is 14.6. The molecule has 4 rings (SSSR count). The lowest BCUT2D eigenvalue weighted by Gasteiger charge is -2.07. The maximum absolute atomic E-state index is 11.4. The van der Waals surface area contributed by atoms with Crippen LogP contribution in [0.2, 0.25) is 0 Å². The van der Waals surface area contributed by atoms with Gasteiger partial charge in [-0.25, -0.2) is 0 Å². The summed E-state index contributed by atoms with van der Waals surface area (Å²) in [6.07, 6.45) is 10.1. The summed E-state index contributed by atoms with van der Waals surface area (Å²) < 4.78 is 0. The lowest BCUT2D eigenvalue weighted by molar-refractivity contribution is 0.101. The maximum atomic E-state index is 11.4. The minimum atomic E-state index is 0.0876. The molecule has 0 aliphatic carbocycles. The SMILES string of the molecule is CC(=O)c1ccc(/C=C/c2ccc(/C=C(\C)c3cccc4cnccc34)cc2)cc1. The van der Waals surface area contributed by atoms with Crippen molar-refractivity contribution in [3.05, 3.63) is 113 Å². The molecule has 0 fully saturated rings. The zero-order chi connectivity index (χ0) is 20.9. The second kappa shape index (κ2) is 8.71. The number of Topliss-reactive ketones (excluding diaryl/α,β-unsaturated/α-hetero) is 1. The zero-order valence-corrected chi connectivity index (χ0v) is 17.2. The van der Waals surface area contributed by atoms with Crippen LogP contribution in [-0.4, -0.2) is 10.8 Å². The Balaban J connectivity index is 1.52. The first kappa shape index (κ1) is 19.5. The minimum Gasteiger partial charge on any atom is -0.295 e. The van der Waals surface area contributed by atoms with Crippen LogP contribution in [0.5, 0.6) is 0 Å². The zero-order valence-electron chi connectivity index (χ0n) is 17.2. The Kier molecular flexibility index (Phi) is 5.67. The summed E-state index contributed by atoms with van der Waals surface area (Å²) in [6, 6.07) is 24.6. The minimum absolute atomic E-state index is 0.0876. The number of hydrogen-bond donors (Lipinski definition) is 0. The normalized spacial score (nSPS) is 11.9. The molecule has 0 radical (unpaired) electrons. The number of fused-ring (bicyclic) bond motifs is 1. The number of pyridine rings is 1. The third-order valence-electron chi connectivity index (χ3n) is 5.21. The van der Waals surface area contributed by atoms with E-state index < -0.39 is 0 Å². The molecule has 0 saturated heterocycles. The second-order valence-corrected chi connectivity index (χ2v) is 7.41. The highest BCUT2D eigenvalue weighted by molar-refractivity contribution is 5.96. The molecule has 2 heteroatoms. The number of carbonyl (C=O) groups excluding carboxylic acids is 1. The van der Waals surface area contributed by atoms with Gasteiger partial charge in [-0.05, 0) is 53.1 Å². The van der Waals surface area contributed by atoms with Gasteiger partial charge in [-0.2, -0.15) is 0 Å². The van der Waals surface area contributed by atoms with Crippen molar-refractivity contribution in [1.29, 1.82) is 0 Å². The summed E-state index contributed by atoms with van der Waals surface area (Å²) in [5.41, 5.74) is 6.57. The Bertz CT molecular complexity index is 1240. The average molecular weight is 389 g/mol. The van der Waals surface area contributed by atoms with E-state index in [9.17, 15) is 4.79 Å². The Morgan fingerprint density at radius 2 is 1.40 bits per heavy atom. The number of carbonyl (C=O) groups is 1. The Labute approximate surface area is 177 Å². The first-order valence-corrected chi connectivity index (χ1v) is 10.0. The number of rotatable bonds is 5. The number of nitrogens with zero attached hydrogens (tertiary/aromatic N) is 1. The molecule has 4 aromatic rings. The van der Waals surface area contributed by atoms with Crippen molar-refractivity contribution >= 4 is 40.4 Å². The molecule has 2 nitrogen and oxygen atoms in total. The predicted octanol–water partition coefficient (Wildman–Crippen LogP) is 7.17. The number of allylic oxidation sites excluding steroid dienone is 1. The van der Waals surface area contributed by atoms with E-state index in [1.807, 2.05) is 36.7 Å². The predicted molar refractivity (Wildman–Crippen MR) is 127 cm³/mol. The quantitative estimate of drug-likeness (QED) is 0.267. The summed E-state index contributed by atoms with van der Waals surface area (Å²) in [5.74, 6) is 0.0876. The Morgan fingerprint density at radius 1 is 0.767 bits per heavy atom. The van der Waals surface area contributed by atoms with Gasteiger partial charge in [0.2, 0.25) is 0 Å². The van der Waals surface area contributed by atoms with Gasteiger partial charge in [0.25, 0.3) is 0 Å². The smallest absolute Gasteiger partial charge is 0.159 e. The molecule has 1 heterocycles. The topological polar surface area (TPSA) is 30.0 Å². The third kappa shape index (κ3) is 4.44. The van der Waals surface area contributed by atoms with Crippen molar-refractivity contribution in [2.75, 3.05) is 0 Å². The van der Waals surface area contributed by atoms with E-state index in [0.29, 0.717) is 0 Å². The average Bonchev–Trinajstić information content (AvgIpc) is 2.78. The fraction of sp³-hybridized carbons (Fsp3) is 0.0714. The standard InChI is InChI=1S/C28H23NO/c1-20(27-5-3-4-26-19-29-17-16-28(26)27)18-24-10-8-22(9-11-24)6-7-23-12-14-25(15-13-23)21(2)30/h3-19H,1-2H3/b7-6+,20-18+. The molecule has 30 heavy (non-hydrogen) atoms. The molecule has 0 N–H and O–H groups in total. The maximum Gasteiger partial charge on any atom is 0.159 e. The summed E-state index contributed by atoms with van der Waals surface area (Å²) in [7, 11) is 0. The molecule has 146 valence electrons. The van der Waals surface area contributed by atoms with Gasteiger partial charge >= 0.3 is 0 Å². The van der Waals surface area contributed by atoms with Gasteiger partial charge in [0.05, 0.1) is 0 Å². The molecule has 0 spiro atoms. The van der Waals surface area contributed by atoms with Crippen LogP contribution in [0.25, 0.3) is 34.6 Å². The summed E-state index contributed by atoms with van der Waals surface area (Å²) in [4.78, 5) is 15.6. The first-order valence-electron chi connectivity index (χ1n) is 10.0. The van der Waals surface area contributed by atoms with Crippen molar-refractivity contribution in [3.63, 3.8) is 0 Å². The third-order valence-corrected chi connectivity index (χ3v) is 5.21. The van der Waals surface area contributed by atoms with Crippen molar-refractivity contribution in [2.24, 2.45) is 0 Å². The Morgan fingerprint density at radius 3 is 2.07 bits per heavy atom. The van der Waals surface area contributed by atoms with Crippen molar-refractivity contribution < 1.29 is 4.79 Å². The molecule has 1 aromatic heterocycles. The fourth-order valence-electron chi connectivity index (χ4n) is 3.52. The molecule has 0 amide bonds. The van der Waals surface area contributed by atoms with E-state index in [1.54, 1.807) is 6.92 Å². The van der Waals surface area contributed by atoms with Crippen LogP contribution < -0.4 is 0 Å². The van der Waals surface area contributed by atoms with E-state index in [2.05, 4.69) is 78.7 Å². The van der Waals surface area contributed by atoms with Gasteiger partial charge in [0.1, 0.15) is 0 Å². The molecule has 0 atom stereocenters. The number of hydrogen-bond acceptors (Lipinski definition) is 2. The molecule has 3 aromatic carbocycles. The fourth-order valence-corrected chi connectivity index (χ4v) is 3.52. The molecule has 0 aliphatic rings. The summed E-state index contributed by atoms with van der Waals surface area (Å²) in [5, 5.41) is 2.37. The second-order valence-electron chi connectivity index (χ2n) is 7.41. The van der Waals surface area contributed by atoms with Gasteiger partial charge in [-0.1, -0.05) is 85.0 Å². The van der Waals surface area contributed by atoms with Crippen LogP contribution in [0.3, 0.4) is 0 Å². The highest BCUT2D eigenvalue weighted by atomic mass is 16.1. The Hall–Kier alpha value is -3.78. The van der Waals surface area contributed by atoms with Crippen LogP contribution in [0.1, 0.15) is 46.5 Å². The van der Waals surface area contributed by atoms with E-state index in [1.165, 1.54) is 22.1 Å². The summed E-state index contributed by atoms with van der Waals surface area (Å²) >= 11 is 0. The van der Waals surface area contributed by atoms with Crippen LogP contribution in [0, 0.1) is 0 Å².